The molecule has 1 saturated heterocycles. The zero-order chi connectivity index (χ0) is 22.7. The van der Waals surface area contributed by atoms with Crippen molar-refractivity contribution >= 4 is 48.6 Å². The first-order valence-electron chi connectivity index (χ1n) is 10.3. The van der Waals surface area contributed by atoms with Gasteiger partial charge in [0.1, 0.15) is 0 Å². The van der Waals surface area contributed by atoms with Crippen molar-refractivity contribution in [3.8, 4) is 0 Å². The summed E-state index contributed by atoms with van der Waals surface area (Å²) in [6.07, 6.45) is 1.45. The number of sulfonamides is 1. The van der Waals surface area contributed by atoms with Gasteiger partial charge in [0.25, 0.3) is 15.9 Å². The first kappa shape index (κ1) is 22.2. The summed E-state index contributed by atoms with van der Waals surface area (Å²) in [5, 5.41) is 0.230. The van der Waals surface area contributed by atoms with Gasteiger partial charge in [0.05, 0.1) is 27.6 Å². The van der Waals surface area contributed by atoms with Crippen molar-refractivity contribution in [2.24, 2.45) is 5.92 Å². The molecule has 8 nitrogen and oxygen atoms in total. The second kappa shape index (κ2) is 9.25. The number of esters is 1. The number of thiazole rings is 1. The van der Waals surface area contributed by atoms with E-state index in [1.165, 1.54) is 12.1 Å². The van der Waals surface area contributed by atoms with Crippen LogP contribution in [0, 0.1) is 5.92 Å². The Morgan fingerprint density at radius 2 is 2.00 bits per heavy atom. The van der Waals surface area contributed by atoms with Crippen molar-refractivity contribution in [3.05, 3.63) is 54.1 Å². The van der Waals surface area contributed by atoms with Gasteiger partial charge in [-0.15, -0.1) is 0 Å². The average molecular weight is 474 g/mol. The molecular weight excluding hydrogens is 450 g/mol. The first-order valence-corrected chi connectivity index (χ1v) is 12.6. The molecule has 4 rings (SSSR count). The molecule has 32 heavy (non-hydrogen) atoms. The lowest BCUT2D eigenvalue weighted by Gasteiger charge is -2.31. The van der Waals surface area contributed by atoms with Crippen molar-refractivity contribution in [2.45, 2.75) is 24.7 Å². The number of carbonyl (C=O) groups is 2. The Morgan fingerprint density at radius 1 is 1.22 bits per heavy atom. The number of aromatic nitrogens is 1. The van der Waals surface area contributed by atoms with E-state index in [-0.39, 0.29) is 27.8 Å². The van der Waals surface area contributed by atoms with Gasteiger partial charge in [0, 0.05) is 18.7 Å². The monoisotopic (exact) mass is 473 g/mol. The number of nitrogens with one attached hydrogen (secondary N) is 1. The van der Waals surface area contributed by atoms with Crippen LogP contribution < -0.4 is 4.72 Å². The largest absolute Gasteiger partial charge is 0.466 e. The molecule has 168 valence electrons. The van der Waals surface area contributed by atoms with E-state index in [0.29, 0.717) is 41.9 Å². The smallest absolute Gasteiger partial charge is 0.310 e. The Hall–Kier alpha value is -2.98. The number of rotatable bonds is 6. The molecule has 2 heterocycles. The van der Waals surface area contributed by atoms with E-state index in [1.54, 1.807) is 48.2 Å². The minimum absolute atomic E-state index is 0.149. The number of anilines is 1. The molecule has 1 fully saturated rings. The number of benzene rings is 2. The standard InChI is InChI=1S/C22H23N3O5S2/c1-2-30-21(27)16-7-6-12-25(14-16)20(26)15-10-11-18-19(13-15)31-22(23-18)24-32(28,29)17-8-4-3-5-9-17/h3-5,8-11,13,16H,2,6-7,12,14H2,1H3,(H,23,24). The fourth-order valence-corrected chi connectivity index (χ4v) is 5.83. The maximum atomic E-state index is 13.0. The number of hydrogen-bond donors (Lipinski definition) is 1. The summed E-state index contributed by atoms with van der Waals surface area (Å²) < 4.78 is 33.4. The van der Waals surface area contributed by atoms with Gasteiger partial charge >= 0.3 is 5.97 Å². The average Bonchev–Trinajstić information content (AvgIpc) is 3.20. The van der Waals surface area contributed by atoms with Crippen LogP contribution in [0.2, 0.25) is 0 Å². The van der Waals surface area contributed by atoms with Crippen molar-refractivity contribution in [3.63, 3.8) is 0 Å². The summed E-state index contributed by atoms with van der Waals surface area (Å²) in [7, 11) is -3.74. The zero-order valence-electron chi connectivity index (χ0n) is 17.5. The number of carbonyl (C=O) groups excluding carboxylic acids is 2. The number of amides is 1. The molecule has 2 aromatic carbocycles. The summed E-state index contributed by atoms with van der Waals surface area (Å²) in [6, 6.07) is 13.1. The van der Waals surface area contributed by atoms with Gasteiger partial charge in [-0.25, -0.2) is 13.4 Å². The van der Waals surface area contributed by atoms with Crippen molar-refractivity contribution in [2.75, 3.05) is 24.4 Å². The molecule has 10 heteroatoms. The van der Waals surface area contributed by atoms with Crippen LogP contribution in [0.1, 0.15) is 30.1 Å². The fourth-order valence-electron chi connectivity index (χ4n) is 3.67. The van der Waals surface area contributed by atoms with Gasteiger partial charge in [-0.3, -0.25) is 14.3 Å². The Bertz CT molecular complexity index is 1240. The number of likely N-dealkylation sites (tertiary alicyclic amines) is 1. The van der Waals surface area contributed by atoms with Gasteiger partial charge in [-0.05, 0) is 50.1 Å². The van der Waals surface area contributed by atoms with Crippen LogP contribution in [0.15, 0.2) is 53.4 Å². The van der Waals surface area contributed by atoms with Crippen molar-refractivity contribution in [1.29, 1.82) is 0 Å². The second-order valence-corrected chi connectivity index (χ2v) is 10.2. The third-order valence-corrected chi connectivity index (χ3v) is 7.66. The van der Waals surface area contributed by atoms with Crippen LogP contribution in [0.4, 0.5) is 5.13 Å². The van der Waals surface area contributed by atoms with Crippen LogP contribution in [0.5, 0.6) is 0 Å². The Morgan fingerprint density at radius 3 is 2.75 bits per heavy atom. The molecule has 1 aromatic heterocycles. The molecule has 0 radical (unpaired) electrons. The Kier molecular flexibility index (Phi) is 6.43. The highest BCUT2D eigenvalue weighted by atomic mass is 32.2. The fraction of sp³-hybridized carbons (Fsp3) is 0.318. The summed E-state index contributed by atoms with van der Waals surface area (Å²) >= 11 is 1.16. The molecular formula is C22H23N3O5S2. The molecule has 0 bridgehead atoms. The summed E-state index contributed by atoms with van der Waals surface area (Å²) in [4.78, 5) is 31.3. The Balaban J connectivity index is 1.51. The predicted molar refractivity (Wildman–Crippen MR) is 122 cm³/mol. The zero-order valence-corrected chi connectivity index (χ0v) is 19.1. The minimum atomic E-state index is -3.74. The van der Waals surface area contributed by atoms with E-state index in [9.17, 15) is 18.0 Å². The maximum absolute atomic E-state index is 13.0. The summed E-state index contributed by atoms with van der Waals surface area (Å²) in [5.41, 5.74) is 1.07. The lowest BCUT2D eigenvalue weighted by atomic mass is 9.97. The molecule has 1 N–H and O–H groups in total. The van der Waals surface area contributed by atoms with E-state index >= 15 is 0 Å². The van der Waals surface area contributed by atoms with Gasteiger partial charge in [-0.1, -0.05) is 29.5 Å². The highest BCUT2D eigenvalue weighted by molar-refractivity contribution is 7.93. The lowest BCUT2D eigenvalue weighted by molar-refractivity contribution is -0.149. The molecule has 0 saturated carbocycles. The van der Waals surface area contributed by atoms with E-state index in [2.05, 4.69) is 9.71 Å². The number of nitrogens with zero attached hydrogens (tertiary/aromatic N) is 2. The molecule has 3 aromatic rings. The molecule has 1 unspecified atom stereocenters. The minimum Gasteiger partial charge on any atom is -0.466 e. The van der Waals surface area contributed by atoms with E-state index < -0.39 is 10.0 Å². The third kappa shape index (κ3) is 4.76. The van der Waals surface area contributed by atoms with E-state index in [4.69, 9.17) is 4.74 Å². The second-order valence-electron chi connectivity index (χ2n) is 7.46. The lowest BCUT2D eigenvalue weighted by Crippen LogP contribution is -2.42. The van der Waals surface area contributed by atoms with Crippen LogP contribution in [-0.4, -0.2) is 49.9 Å². The number of piperidine rings is 1. The third-order valence-electron chi connectivity index (χ3n) is 5.24. The number of ether oxygens (including phenoxy) is 1. The molecule has 1 aliphatic rings. The van der Waals surface area contributed by atoms with Crippen LogP contribution >= 0.6 is 11.3 Å². The van der Waals surface area contributed by atoms with E-state index in [0.717, 1.165) is 17.8 Å². The first-order chi connectivity index (χ1) is 15.4. The van der Waals surface area contributed by atoms with Gasteiger partial charge in [-0.2, -0.15) is 0 Å². The SMILES string of the molecule is CCOC(=O)C1CCCN(C(=O)c2ccc3nc(NS(=O)(=O)c4ccccc4)sc3c2)C1. The molecule has 0 spiro atoms. The van der Waals surface area contributed by atoms with Crippen LogP contribution in [0.3, 0.4) is 0 Å². The molecule has 1 amide bonds. The highest BCUT2D eigenvalue weighted by Crippen LogP contribution is 2.29. The Labute approximate surface area is 190 Å². The van der Waals surface area contributed by atoms with Crippen molar-refractivity contribution < 1.29 is 22.7 Å². The summed E-state index contributed by atoms with van der Waals surface area (Å²) in [5.74, 6) is -0.738. The molecule has 1 aliphatic heterocycles. The van der Waals surface area contributed by atoms with Crippen molar-refractivity contribution in [1.82, 2.24) is 9.88 Å². The number of hydrogen-bond acceptors (Lipinski definition) is 7. The normalized spacial score (nSPS) is 16.7. The quantitative estimate of drug-likeness (QED) is 0.549. The van der Waals surface area contributed by atoms with Gasteiger partial charge < -0.3 is 9.64 Å². The highest BCUT2D eigenvalue weighted by Gasteiger charge is 2.30. The molecule has 1 atom stereocenters. The maximum Gasteiger partial charge on any atom is 0.310 e. The van der Waals surface area contributed by atoms with Gasteiger partial charge in [0.15, 0.2) is 5.13 Å². The summed E-state index contributed by atoms with van der Waals surface area (Å²) in [6.45, 7) is 3.00. The van der Waals surface area contributed by atoms with Crippen LogP contribution in [-0.2, 0) is 19.6 Å². The molecule has 0 aliphatic carbocycles. The topological polar surface area (TPSA) is 106 Å². The van der Waals surface area contributed by atoms with Gasteiger partial charge in [0.2, 0.25) is 0 Å². The van der Waals surface area contributed by atoms with Crippen LogP contribution in [0.25, 0.3) is 10.2 Å². The van der Waals surface area contributed by atoms with E-state index in [1.807, 2.05) is 0 Å². The predicted octanol–water partition coefficient (Wildman–Crippen LogP) is 3.51. The number of fused-ring (bicyclic) bond motifs is 1.